The van der Waals surface area contributed by atoms with Gasteiger partial charge in [-0.2, -0.15) is 0 Å². The second-order valence-corrected chi connectivity index (χ2v) is 5.21. The highest BCUT2D eigenvalue weighted by molar-refractivity contribution is 5.86. The van der Waals surface area contributed by atoms with E-state index in [2.05, 4.69) is 5.73 Å². The third-order valence-corrected chi connectivity index (χ3v) is 3.83. The van der Waals surface area contributed by atoms with Crippen LogP contribution in [0.2, 0.25) is 0 Å². The van der Waals surface area contributed by atoms with Crippen molar-refractivity contribution in [3.8, 4) is 17.0 Å². The van der Waals surface area contributed by atoms with Crippen molar-refractivity contribution in [2.45, 2.75) is 13.5 Å². The lowest BCUT2D eigenvalue weighted by Gasteiger charge is -2.13. The van der Waals surface area contributed by atoms with Gasteiger partial charge < -0.3 is 10.5 Å². The van der Waals surface area contributed by atoms with Crippen LogP contribution in [0.5, 0.6) is 5.75 Å². The van der Waals surface area contributed by atoms with Gasteiger partial charge in [-0.05, 0) is 30.7 Å². The molecule has 0 bridgehead atoms. The minimum absolute atomic E-state index is 0.338. The number of benzene rings is 2. The van der Waals surface area contributed by atoms with E-state index in [4.69, 9.17) is 9.72 Å². The van der Waals surface area contributed by atoms with Crippen LogP contribution in [0.25, 0.3) is 22.2 Å². The summed E-state index contributed by atoms with van der Waals surface area (Å²) in [6.07, 6.45) is 0. The first-order valence-electron chi connectivity index (χ1n) is 7.17. The Hall–Kier alpha value is -2.46. The van der Waals surface area contributed by atoms with Gasteiger partial charge in [0.05, 0.1) is 23.9 Å². The molecule has 2 aromatic carbocycles. The number of aryl methyl sites for hydroxylation is 1. The van der Waals surface area contributed by atoms with Crippen LogP contribution in [0, 0.1) is 12.7 Å². The fourth-order valence-corrected chi connectivity index (χ4v) is 2.70. The Morgan fingerprint density at radius 1 is 1.18 bits per heavy atom. The first kappa shape index (κ1) is 14.5. The van der Waals surface area contributed by atoms with Gasteiger partial charge in [-0.25, -0.2) is 9.37 Å². The third-order valence-electron chi connectivity index (χ3n) is 3.83. The Morgan fingerprint density at radius 3 is 2.68 bits per heavy atom. The molecule has 0 aliphatic rings. The summed E-state index contributed by atoms with van der Waals surface area (Å²) in [4.78, 5) is 4.73. The minimum atomic E-state index is -0.338. The molecular weight excluding hydrogens is 279 g/mol. The maximum atomic E-state index is 14.4. The molecule has 22 heavy (non-hydrogen) atoms. The monoisotopic (exact) mass is 297 g/mol. The normalized spacial score (nSPS) is 10.9. The molecule has 0 atom stereocenters. The lowest BCUT2D eigenvalue weighted by atomic mass is 10.0. The number of fused-ring (bicyclic) bond motifs is 1. The number of ether oxygens (including phenoxy) is 1. The summed E-state index contributed by atoms with van der Waals surface area (Å²) in [5.74, 6) is 0.143. The van der Waals surface area contributed by atoms with Gasteiger partial charge in [0.15, 0.2) is 0 Å². The molecule has 3 nitrogen and oxygen atoms in total. The fraction of sp³-hybridized carbons (Fsp3) is 0.167. The van der Waals surface area contributed by atoms with Crippen LogP contribution in [-0.2, 0) is 6.54 Å². The smallest absolute Gasteiger partial charge is 0.136 e. The number of para-hydroxylation sites is 1. The Kier molecular flexibility index (Phi) is 3.77. The van der Waals surface area contributed by atoms with Gasteiger partial charge in [-0.3, -0.25) is 0 Å². The predicted octanol–water partition coefficient (Wildman–Crippen LogP) is 3.10. The zero-order chi connectivity index (χ0) is 15.7. The lowest BCUT2D eigenvalue weighted by Crippen LogP contribution is -2.47. The standard InChI is InChI=1S/C18H17FN2O/c1-11-5-3-6-12-9-13(10-20)18(21-17(11)12)16-14(19)7-4-8-15(16)22-2/h3-9H,10,20H2,1-2H3/p+1. The first-order valence-corrected chi connectivity index (χ1v) is 7.17. The Balaban J connectivity index is 2.37. The van der Waals surface area contributed by atoms with Gasteiger partial charge in [0.2, 0.25) is 0 Å². The molecule has 0 saturated carbocycles. The summed E-state index contributed by atoms with van der Waals surface area (Å²) in [7, 11) is 1.54. The number of rotatable bonds is 3. The molecule has 4 heteroatoms. The zero-order valence-electron chi connectivity index (χ0n) is 12.7. The summed E-state index contributed by atoms with van der Waals surface area (Å²) in [6, 6.07) is 12.8. The van der Waals surface area contributed by atoms with E-state index in [9.17, 15) is 4.39 Å². The van der Waals surface area contributed by atoms with Crippen molar-refractivity contribution in [1.82, 2.24) is 4.98 Å². The van der Waals surface area contributed by atoms with E-state index in [-0.39, 0.29) is 5.82 Å². The number of nitrogens with zero attached hydrogens (tertiary/aromatic N) is 1. The molecule has 0 aliphatic carbocycles. The maximum absolute atomic E-state index is 14.4. The Morgan fingerprint density at radius 2 is 1.95 bits per heavy atom. The Labute approximate surface area is 128 Å². The van der Waals surface area contributed by atoms with E-state index in [0.717, 1.165) is 22.0 Å². The SMILES string of the molecule is COc1cccc(F)c1-c1nc2c(C)cccc2cc1C[NH3+]. The van der Waals surface area contributed by atoms with E-state index in [1.807, 2.05) is 31.2 Å². The van der Waals surface area contributed by atoms with E-state index in [0.29, 0.717) is 23.6 Å². The molecule has 3 N–H and O–H groups in total. The van der Waals surface area contributed by atoms with Crippen LogP contribution < -0.4 is 10.5 Å². The van der Waals surface area contributed by atoms with Crippen LogP contribution >= 0.6 is 0 Å². The number of methoxy groups -OCH3 is 1. The zero-order valence-corrected chi connectivity index (χ0v) is 12.7. The van der Waals surface area contributed by atoms with Gasteiger partial charge in [-0.15, -0.1) is 0 Å². The highest BCUT2D eigenvalue weighted by atomic mass is 19.1. The van der Waals surface area contributed by atoms with Gasteiger partial charge in [-0.1, -0.05) is 24.3 Å². The van der Waals surface area contributed by atoms with Crippen molar-refractivity contribution >= 4 is 10.9 Å². The largest absolute Gasteiger partial charge is 0.496 e. The first-order chi connectivity index (χ1) is 10.7. The van der Waals surface area contributed by atoms with Crippen molar-refractivity contribution in [2.75, 3.05) is 7.11 Å². The number of hydrogen-bond donors (Lipinski definition) is 1. The van der Waals surface area contributed by atoms with E-state index >= 15 is 0 Å². The highest BCUT2D eigenvalue weighted by Gasteiger charge is 2.18. The molecule has 0 fully saturated rings. The van der Waals surface area contributed by atoms with Gasteiger partial charge in [0.25, 0.3) is 0 Å². The quantitative estimate of drug-likeness (QED) is 0.807. The fourth-order valence-electron chi connectivity index (χ4n) is 2.70. The second kappa shape index (κ2) is 5.73. The number of halogens is 1. The lowest BCUT2D eigenvalue weighted by molar-refractivity contribution is -0.386. The van der Waals surface area contributed by atoms with Crippen molar-refractivity contribution in [2.24, 2.45) is 0 Å². The molecule has 0 spiro atoms. The summed E-state index contributed by atoms with van der Waals surface area (Å²) >= 11 is 0. The second-order valence-electron chi connectivity index (χ2n) is 5.21. The third kappa shape index (κ3) is 2.31. The molecule has 3 aromatic rings. The molecule has 3 rings (SSSR count). The van der Waals surface area contributed by atoms with Crippen LogP contribution in [0.1, 0.15) is 11.1 Å². The van der Waals surface area contributed by atoms with Crippen molar-refractivity contribution < 1.29 is 14.9 Å². The van der Waals surface area contributed by atoms with E-state index < -0.39 is 0 Å². The number of quaternary nitrogens is 1. The molecule has 0 aliphatic heterocycles. The van der Waals surface area contributed by atoms with E-state index in [1.54, 1.807) is 12.1 Å². The van der Waals surface area contributed by atoms with Gasteiger partial charge in [0.1, 0.15) is 18.1 Å². The van der Waals surface area contributed by atoms with Crippen LogP contribution in [-0.4, -0.2) is 12.1 Å². The average Bonchev–Trinajstić information content (AvgIpc) is 2.54. The topological polar surface area (TPSA) is 49.8 Å². The summed E-state index contributed by atoms with van der Waals surface area (Å²) in [5.41, 5.74) is 7.79. The molecule has 0 amide bonds. The number of aromatic nitrogens is 1. The highest BCUT2D eigenvalue weighted by Crippen LogP contribution is 2.35. The van der Waals surface area contributed by atoms with Crippen molar-refractivity contribution in [3.63, 3.8) is 0 Å². The molecule has 0 unspecified atom stereocenters. The van der Waals surface area contributed by atoms with Crippen molar-refractivity contribution in [3.05, 3.63) is 59.4 Å². The number of pyridine rings is 1. The molecule has 1 aromatic heterocycles. The van der Waals surface area contributed by atoms with E-state index in [1.165, 1.54) is 13.2 Å². The molecule has 112 valence electrons. The van der Waals surface area contributed by atoms with Gasteiger partial charge >= 0.3 is 0 Å². The van der Waals surface area contributed by atoms with Crippen molar-refractivity contribution in [1.29, 1.82) is 0 Å². The average molecular weight is 297 g/mol. The van der Waals surface area contributed by atoms with Crippen LogP contribution in [0.4, 0.5) is 4.39 Å². The maximum Gasteiger partial charge on any atom is 0.136 e. The molecule has 1 heterocycles. The minimum Gasteiger partial charge on any atom is -0.496 e. The molecule has 0 radical (unpaired) electrons. The van der Waals surface area contributed by atoms with Crippen LogP contribution in [0.15, 0.2) is 42.5 Å². The van der Waals surface area contributed by atoms with Gasteiger partial charge in [0, 0.05) is 10.9 Å². The Bertz CT molecular complexity index is 846. The number of hydrogen-bond acceptors (Lipinski definition) is 2. The molecule has 0 saturated heterocycles. The van der Waals surface area contributed by atoms with Crippen LogP contribution in [0.3, 0.4) is 0 Å². The summed E-state index contributed by atoms with van der Waals surface area (Å²) in [6.45, 7) is 2.53. The summed E-state index contributed by atoms with van der Waals surface area (Å²) in [5, 5.41) is 1.04. The summed E-state index contributed by atoms with van der Waals surface area (Å²) < 4.78 is 19.7. The predicted molar refractivity (Wildman–Crippen MR) is 85.0 cm³/mol. The molecular formula is C18H18FN2O+.